The number of nitrogens with one attached hydrogen (secondary N) is 1. The molecule has 8 nitrogen and oxygen atoms in total. The summed E-state index contributed by atoms with van der Waals surface area (Å²) in [7, 11) is 0. The molecule has 0 aliphatic carbocycles. The summed E-state index contributed by atoms with van der Waals surface area (Å²) in [5.41, 5.74) is 3.06. The normalized spacial score (nSPS) is 15.9. The molecular formula is C14H14N4O4. The first-order chi connectivity index (χ1) is 10.6. The molecule has 0 aromatic heterocycles. The van der Waals surface area contributed by atoms with E-state index in [2.05, 4.69) is 5.43 Å². The van der Waals surface area contributed by atoms with Gasteiger partial charge in [0.2, 0.25) is 0 Å². The van der Waals surface area contributed by atoms with Crippen LogP contribution in [0.2, 0.25) is 0 Å². The van der Waals surface area contributed by atoms with Crippen LogP contribution < -0.4 is 5.43 Å². The number of nitrogens with zero attached hydrogens (tertiary/aromatic N) is 3. The van der Waals surface area contributed by atoms with Crippen molar-refractivity contribution >= 4 is 17.7 Å². The number of non-ortho nitro benzene ring substituents is 1. The van der Waals surface area contributed by atoms with Crippen LogP contribution in [0.5, 0.6) is 0 Å². The number of nitriles is 1. The van der Waals surface area contributed by atoms with Crippen LogP contribution in [0, 0.1) is 21.4 Å². The van der Waals surface area contributed by atoms with E-state index in [1.54, 1.807) is 5.01 Å². The standard InChI is InChI=1S/C14H14N4O4/c15-10-12(14(19)16-17-5-7-22-8-6-17)9-11-1-3-13(4-2-11)18(20)21/h1-4,9H,5-8H2,(H,16,19)/b12-9+. The van der Waals surface area contributed by atoms with Crippen molar-refractivity contribution in [2.75, 3.05) is 26.3 Å². The fraction of sp³-hybridized carbons (Fsp3) is 0.286. The molecule has 1 N–H and O–H groups in total. The van der Waals surface area contributed by atoms with Crippen LogP contribution in [-0.2, 0) is 9.53 Å². The molecule has 1 aliphatic rings. The molecule has 22 heavy (non-hydrogen) atoms. The third kappa shape index (κ3) is 4.12. The lowest BCUT2D eigenvalue weighted by atomic mass is 10.1. The molecule has 114 valence electrons. The quantitative estimate of drug-likeness (QED) is 0.382. The zero-order valence-corrected chi connectivity index (χ0v) is 11.7. The molecule has 0 unspecified atom stereocenters. The molecule has 0 atom stereocenters. The maximum atomic E-state index is 12.0. The smallest absolute Gasteiger partial charge is 0.276 e. The van der Waals surface area contributed by atoms with Gasteiger partial charge < -0.3 is 4.74 Å². The van der Waals surface area contributed by atoms with Gasteiger partial charge in [-0.15, -0.1) is 0 Å². The Kier molecular flexibility index (Phi) is 5.19. The van der Waals surface area contributed by atoms with Crippen molar-refractivity contribution in [1.82, 2.24) is 10.4 Å². The van der Waals surface area contributed by atoms with Crippen molar-refractivity contribution in [3.8, 4) is 6.07 Å². The minimum absolute atomic E-state index is 0.0478. The summed E-state index contributed by atoms with van der Waals surface area (Å²) in [6, 6.07) is 7.44. The largest absolute Gasteiger partial charge is 0.379 e. The number of benzene rings is 1. The minimum atomic E-state index is -0.511. The molecule has 1 aromatic carbocycles. The molecule has 1 amide bonds. The van der Waals surface area contributed by atoms with Crippen molar-refractivity contribution < 1.29 is 14.5 Å². The predicted molar refractivity (Wildman–Crippen MR) is 77.2 cm³/mol. The maximum absolute atomic E-state index is 12.0. The lowest BCUT2D eigenvalue weighted by Gasteiger charge is -2.26. The maximum Gasteiger partial charge on any atom is 0.276 e. The van der Waals surface area contributed by atoms with E-state index in [-0.39, 0.29) is 11.3 Å². The van der Waals surface area contributed by atoms with Crippen molar-refractivity contribution in [3.63, 3.8) is 0 Å². The third-order valence-electron chi connectivity index (χ3n) is 3.05. The number of hydrogen-bond acceptors (Lipinski definition) is 6. The van der Waals surface area contributed by atoms with E-state index in [0.717, 1.165) is 0 Å². The van der Waals surface area contributed by atoms with Gasteiger partial charge in [0.15, 0.2) is 0 Å². The number of hydrazine groups is 1. The SMILES string of the molecule is N#C/C(=C\c1ccc([N+](=O)[O-])cc1)C(=O)NN1CCOCC1. The summed E-state index contributed by atoms with van der Waals surface area (Å²) in [5.74, 6) is -0.511. The Bertz CT molecular complexity index is 627. The zero-order chi connectivity index (χ0) is 15.9. The van der Waals surface area contributed by atoms with Gasteiger partial charge in [0, 0.05) is 25.2 Å². The number of amides is 1. The molecule has 8 heteroatoms. The Balaban J connectivity index is 2.07. The second-order valence-electron chi connectivity index (χ2n) is 4.56. The second kappa shape index (κ2) is 7.31. The van der Waals surface area contributed by atoms with Crippen LogP contribution >= 0.6 is 0 Å². The average molecular weight is 302 g/mol. The van der Waals surface area contributed by atoms with Crippen molar-refractivity contribution in [3.05, 3.63) is 45.5 Å². The van der Waals surface area contributed by atoms with Crippen molar-refractivity contribution in [2.45, 2.75) is 0 Å². The highest BCUT2D eigenvalue weighted by molar-refractivity contribution is 6.01. The Hall–Kier alpha value is -2.76. The van der Waals surface area contributed by atoms with E-state index in [4.69, 9.17) is 10.00 Å². The molecule has 0 saturated carbocycles. The van der Waals surface area contributed by atoms with E-state index in [1.807, 2.05) is 6.07 Å². The highest BCUT2D eigenvalue weighted by Crippen LogP contribution is 2.14. The fourth-order valence-electron chi connectivity index (χ4n) is 1.89. The van der Waals surface area contributed by atoms with Crippen LogP contribution in [0.25, 0.3) is 6.08 Å². The lowest BCUT2D eigenvalue weighted by molar-refractivity contribution is -0.384. The molecule has 1 saturated heterocycles. The van der Waals surface area contributed by atoms with Crippen LogP contribution in [0.4, 0.5) is 5.69 Å². The van der Waals surface area contributed by atoms with E-state index >= 15 is 0 Å². The van der Waals surface area contributed by atoms with Crippen LogP contribution in [0.3, 0.4) is 0 Å². The summed E-state index contributed by atoms with van der Waals surface area (Å²) in [4.78, 5) is 22.1. The first kappa shape index (κ1) is 15.6. The van der Waals surface area contributed by atoms with Crippen LogP contribution in [0.1, 0.15) is 5.56 Å². The number of morpholine rings is 1. The molecule has 2 rings (SSSR count). The van der Waals surface area contributed by atoms with Gasteiger partial charge in [-0.05, 0) is 23.8 Å². The zero-order valence-electron chi connectivity index (χ0n) is 11.7. The number of carbonyl (C=O) groups is 1. The van der Waals surface area contributed by atoms with E-state index < -0.39 is 10.8 Å². The van der Waals surface area contributed by atoms with Gasteiger partial charge in [-0.2, -0.15) is 5.26 Å². The highest BCUT2D eigenvalue weighted by Gasteiger charge is 2.16. The fourth-order valence-corrected chi connectivity index (χ4v) is 1.89. The Morgan fingerprint density at radius 3 is 2.55 bits per heavy atom. The van der Waals surface area contributed by atoms with Crippen molar-refractivity contribution in [1.29, 1.82) is 5.26 Å². The van der Waals surface area contributed by atoms with Crippen LogP contribution in [0.15, 0.2) is 29.8 Å². The van der Waals surface area contributed by atoms with Gasteiger partial charge in [-0.3, -0.25) is 20.3 Å². The van der Waals surface area contributed by atoms with Gasteiger partial charge in [0.25, 0.3) is 11.6 Å². The van der Waals surface area contributed by atoms with E-state index in [0.29, 0.717) is 31.9 Å². The lowest BCUT2D eigenvalue weighted by Crippen LogP contribution is -2.48. The van der Waals surface area contributed by atoms with Gasteiger partial charge in [0.05, 0.1) is 18.1 Å². The summed E-state index contributed by atoms with van der Waals surface area (Å²) < 4.78 is 5.17. The number of rotatable bonds is 4. The number of nitro benzene ring substituents is 1. The molecule has 0 spiro atoms. The average Bonchev–Trinajstić information content (AvgIpc) is 2.53. The van der Waals surface area contributed by atoms with E-state index in [9.17, 15) is 14.9 Å². The summed E-state index contributed by atoms with van der Waals surface area (Å²) in [6.07, 6.45) is 1.39. The highest BCUT2D eigenvalue weighted by atomic mass is 16.6. The van der Waals surface area contributed by atoms with Gasteiger partial charge in [-0.25, -0.2) is 5.01 Å². The monoisotopic (exact) mass is 302 g/mol. The first-order valence-corrected chi connectivity index (χ1v) is 6.60. The molecule has 0 bridgehead atoms. The Morgan fingerprint density at radius 1 is 1.36 bits per heavy atom. The number of nitro groups is 1. The summed E-state index contributed by atoms with van der Waals surface area (Å²) in [6.45, 7) is 2.16. The first-order valence-electron chi connectivity index (χ1n) is 6.60. The second-order valence-corrected chi connectivity index (χ2v) is 4.56. The number of hydrogen-bond donors (Lipinski definition) is 1. The molecule has 1 fully saturated rings. The van der Waals surface area contributed by atoms with Crippen molar-refractivity contribution in [2.24, 2.45) is 0 Å². The predicted octanol–water partition coefficient (Wildman–Crippen LogP) is 0.865. The minimum Gasteiger partial charge on any atom is -0.379 e. The van der Waals surface area contributed by atoms with Gasteiger partial charge in [-0.1, -0.05) is 0 Å². The summed E-state index contributed by atoms with van der Waals surface area (Å²) in [5, 5.41) is 21.4. The van der Waals surface area contributed by atoms with E-state index in [1.165, 1.54) is 30.3 Å². The van der Waals surface area contributed by atoms with Gasteiger partial charge >= 0.3 is 0 Å². The molecule has 0 radical (unpaired) electrons. The molecule has 1 aliphatic heterocycles. The van der Waals surface area contributed by atoms with Gasteiger partial charge in [0.1, 0.15) is 11.6 Å². The Labute approximate surface area is 126 Å². The van der Waals surface area contributed by atoms with Crippen LogP contribution in [-0.4, -0.2) is 42.1 Å². The molecular weight excluding hydrogens is 288 g/mol. The molecule has 1 aromatic rings. The molecule has 1 heterocycles. The number of carbonyl (C=O) groups excluding carboxylic acids is 1. The topological polar surface area (TPSA) is 108 Å². The summed E-state index contributed by atoms with van der Waals surface area (Å²) >= 11 is 0. The third-order valence-corrected chi connectivity index (χ3v) is 3.05. The Morgan fingerprint density at radius 2 is 2.00 bits per heavy atom. The number of ether oxygens (including phenoxy) is 1.